The van der Waals surface area contributed by atoms with Crippen LogP contribution in [-0.4, -0.2) is 33.9 Å². The van der Waals surface area contributed by atoms with Crippen molar-refractivity contribution in [1.82, 2.24) is 0 Å². The first-order valence-corrected chi connectivity index (χ1v) is 18.9. The zero-order chi connectivity index (χ0) is 38.1. The second-order valence-electron chi connectivity index (χ2n) is 9.84. The van der Waals surface area contributed by atoms with Crippen LogP contribution in [0.5, 0.6) is 5.75 Å². The van der Waals surface area contributed by atoms with Crippen LogP contribution in [0.25, 0.3) is 0 Å². The molecule has 4 aromatic carbocycles. The van der Waals surface area contributed by atoms with Crippen molar-refractivity contribution in [3.8, 4) is 54.3 Å². The van der Waals surface area contributed by atoms with E-state index in [0.29, 0.717) is 43.9 Å². The Morgan fingerprint density at radius 2 is 1.10 bits per heavy atom. The normalized spacial score (nSPS) is 10.0. The number of phenols is 1. The van der Waals surface area contributed by atoms with Crippen molar-refractivity contribution in [2.45, 2.75) is 12.8 Å². The Morgan fingerprint density at radius 1 is 0.692 bits per heavy atom. The van der Waals surface area contributed by atoms with E-state index in [2.05, 4.69) is 33.5 Å². The average Bonchev–Trinajstić information content (AvgIpc) is 3.08. The summed E-state index contributed by atoms with van der Waals surface area (Å²) in [5.41, 5.74) is 11.1. The summed E-state index contributed by atoms with van der Waals surface area (Å²) in [5, 5.41) is 35.5. The van der Waals surface area contributed by atoms with Gasteiger partial charge in [0, 0.05) is 64.1 Å². The predicted octanol–water partition coefficient (Wildman–Crippen LogP) is 10.9. The average molecular weight is 886 g/mol. The Kier molecular flexibility index (Phi) is 21.4. The Morgan fingerprint density at radius 3 is 1.46 bits per heavy atom. The quantitative estimate of drug-likeness (QED) is 0.0466. The van der Waals surface area contributed by atoms with Crippen molar-refractivity contribution in [2.75, 3.05) is 17.3 Å². The van der Waals surface area contributed by atoms with E-state index in [1.165, 1.54) is 12.1 Å². The molecule has 1 radical (unpaired) electrons. The number of carboxylic acid groups (broad SMARTS) is 2. The van der Waals surface area contributed by atoms with Gasteiger partial charge < -0.3 is 32.4 Å². The van der Waals surface area contributed by atoms with E-state index in [9.17, 15) is 14.7 Å². The monoisotopic (exact) mass is 884 g/mol. The smallest absolute Gasteiger partial charge is 0.307 e. The summed E-state index contributed by atoms with van der Waals surface area (Å²) in [5.74, 6) is 0.646. The standard InChI is InChI=1S/C14H11Cl2NO3.C14H11Cl2NO2.C10H7P2.Y/c15-10-6-9(18)7-11(16)14(10)17-12-4-2-1-3-8(12)5-13(19)20;15-10-5-3-6-11(16)14(10)17-12-7-2-1-4-9(12)8-13(18)19;1-6-10(11(5)7-2)12(8-3)9-4;/h1-4,6-7,17-18H,5H2,(H,19,20);1-7,17H,8H2,(H,18,19);1-4H,5H3;/q;;-1;. The molecule has 0 aliphatic heterocycles. The maximum Gasteiger partial charge on any atom is 0.307 e. The summed E-state index contributed by atoms with van der Waals surface area (Å²) in [7, 11) is -1.78. The number of para-hydroxylation sites is 3. The van der Waals surface area contributed by atoms with E-state index in [0.717, 1.165) is 5.40 Å². The first-order valence-electron chi connectivity index (χ1n) is 14.3. The molecule has 0 bridgehead atoms. The van der Waals surface area contributed by atoms with Crippen LogP contribution in [0.15, 0.2) is 78.9 Å². The summed E-state index contributed by atoms with van der Waals surface area (Å²) in [6, 6.07) is 22.0. The van der Waals surface area contributed by atoms with Gasteiger partial charge in [-0.1, -0.05) is 119 Å². The maximum absolute atomic E-state index is 10.8. The molecule has 0 saturated heterocycles. The molecule has 14 heteroatoms. The number of carbonyl (C=O) groups is 2. The molecule has 0 aliphatic carbocycles. The number of phenolic OH excluding ortho intramolecular Hbond substituents is 1. The fourth-order valence-corrected chi connectivity index (χ4v) is 7.56. The molecule has 0 aromatic heterocycles. The van der Waals surface area contributed by atoms with Gasteiger partial charge in [-0.2, -0.15) is 0 Å². The summed E-state index contributed by atoms with van der Waals surface area (Å²) < 4.78 is 0. The molecule has 0 amide bonds. The molecule has 0 spiro atoms. The minimum Gasteiger partial charge on any atom is -0.508 e. The molecule has 4 aromatic rings. The van der Waals surface area contributed by atoms with E-state index >= 15 is 0 Å². The van der Waals surface area contributed by atoms with Crippen LogP contribution in [0.1, 0.15) is 11.1 Å². The Balaban J connectivity index is 0.000000400. The number of terminal acetylenes is 4. The third-order valence-electron chi connectivity index (χ3n) is 6.34. The van der Waals surface area contributed by atoms with Crippen molar-refractivity contribution in [2.24, 2.45) is 0 Å². The third-order valence-corrected chi connectivity index (χ3v) is 11.3. The largest absolute Gasteiger partial charge is 0.508 e. The van der Waals surface area contributed by atoms with Crippen LogP contribution < -0.4 is 10.6 Å². The molecule has 5 N–H and O–H groups in total. The van der Waals surface area contributed by atoms with Gasteiger partial charge in [-0.15, -0.1) is 19.3 Å². The van der Waals surface area contributed by atoms with E-state index in [-0.39, 0.29) is 61.3 Å². The summed E-state index contributed by atoms with van der Waals surface area (Å²) in [4.78, 5) is 21.7. The molecular weight excluding hydrogens is 857 g/mol. The second kappa shape index (κ2) is 23.9. The van der Waals surface area contributed by atoms with Crippen molar-refractivity contribution in [1.29, 1.82) is 0 Å². The second-order valence-corrected chi connectivity index (χ2v) is 15.3. The molecule has 1 unspecified atom stereocenters. The van der Waals surface area contributed by atoms with Gasteiger partial charge in [0.05, 0.1) is 44.3 Å². The fraction of sp³-hybridized carbons (Fsp3) is 0.0789. The van der Waals surface area contributed by atoms with E-state index < -0.39 is 27.8 Å². The summed E-state index contributed by atoms with van der Waals surface area (Å²) >= 11 is 24.2. The third kappa shape index (κ3) is 14.8. The molecule has 1 atom stereocenters. The molecule has 52 heavy (non-hydrogen) atoms. The number of halogens is 4. The first-order chi connectivity index (χ1) is 24.3. The number of carboxylic acids is 2. The van der Waals surface area contributed by atoms with Crippen LogP contribution in [0.2, 0.25) is 20.1 Å². The predicted molar refractivity (Wildman–Crippen MR) is 215 cm³/mol. The Bertz CT molecular complexity index is 1980. The summed E-state index contributed by atoms with van der Waals surface area (Å²) in [6.07, 6.45) is 20.7. The Hall–Kier alpha value is -3.55. The van der Waals surface area contributed by atoms with Gasteiger partial charge in [0.15, 0.2) is 0 Å². The van der Waals surface area contributed by atoms with E-state index in [4.69, 9.17) is 82.3 Å². The number of nitrogens with one attached hydrogen (secondary N) is 2. The zero-order valence-electron chi connectivity index (χ0n) is 27.4. The number of hydrogen-bond donors (Lipinski definition) is 5. The summed E-state index contributed by atoms with van der Waals surface area (Å²) in [6.45, 7) is 1.88. The number of anilines is 4. The number of hydrogen-bond acceptors (Lipinski definition) is 5. The first kappa shape index (κ1) is 46.5. The maximum atomic E-state index is 10.8. The molecular formula is C38H29Cl4N2O5P2Y-. The van der Waals surface area contributed by atoms with Gasteiger partial charge in [-0.3, -0.25) is 15.5 Å². The molecule has 0 heterocycles. The molecule has 0 fully saturated rings. The van der Waals surface area contributed by atoms with E-state index in [1.54, 1.807) is 60.7 Å². The van der Waals surface area contributed by atoms with Crippen LogP contribution in [0, 0.1) is 54.0 Å². The minimum absolute atomic E-state index is 0. The molecule has 0 saturated carbocycles. The minimum atomic E-state index is -1.04. The van der Waals surface area contributed by atoms with Gasteiger partial charge in [0.25, 0.3) is 0 Å². The van der Waals surface area contributed by atoms with Gasteiger partial charge in [0.2, 0.25) is 0 Å². The number of rotatable bonds is 10. The topological polar surface area (TPSA) is 119 Å². The molecule has 0 aliphatic rings. The van der Waals surface area contributed by atoms with Crippen LogP contribution >= 0.6 is 62.2 Å². The molecule has 4 rings (SSSR count). The van der Waals surface area contributed by atoms with E-state index in [1.807, 2.05) is 12.7 Å². The zero-order valence-corrected chi connectivity index (χ0v) is 35.0. The van der Waals surface area contributed by atoms with Crippen LogP contribution in [0.4, 0.5) is 22.7 Å². The fourth-order valence-electron chi connectivity index (χ4n) is 4.02. The molecule has 263 valence electrons. The SMILES string of the molecule is C#C[C-](P(C)C#C)P(C#C)C#C.O=C(O)Cc1ccccc1Nc1c(Cl)cc(O)cc1Cl.O=C(O)Cc1ccccc1Nc1c(Cl)cccc1Cl.[Y]. The van der Waals surface area contributed by atoms with Crippen LogP contribution in [0.3, 0.4) is 0 Å². The van der Waals surface area contributed by atoms with Crippen LogP contribution in [-0.2, 0) is 55.1 Å². The Labute approximate surface area is 351 Å². The van der Waals surface area contributed by atoms with Crippen molar-refractivity contribution < 1.29 is 57.6 Å². The van der Waals surface area contributed by atoms with Crippen molar-refractivity contribution >= 4 is 96.9 Å². The van der Waals surface area contributed by atoms with Gasteiger partial charge >= 0.3 is 11.9 Å². The number of aliphatic carboxylic acids is 2. The number of benzene rings is 4. The van der Waals surface area contributed by atoms with Crippen molar-refractivity contribution in [3.05, 3.63) is 115 Å². The van der Waals surface area contributed by atoms with Gasteiger partial charge in [-0.25, -0.2) is 0 Å². The van der Waals surface area contributed by atoms with Crippen molar-refractivity contribution in [3.63, 3.8) is 0 Å². The molecule has 7 nitrogen and oxygen atoms in total. The van der Waals surface area contributed by atoms with Gasteiger partial charge in [0.1, 0.15) is 5.75 Å². The number of aromatic hydroxyl groups is 1. The van der Waals surface area contributed by atoms with Gasteiger partial charge in [-0.05, 0) is 42.1 Å².